The van der Waals surface area contributed by atoms with E-state index < -0.39 is 0 Å². The molecule has 1 aromatic heterocycles. The van der Waals surface area contributed by atoms with Crippen LogP contribution in [-0.2, 0) is 20.1 Å². The highest BCUT2D eigenvalue weighted by atomic mass is 16.2. The fourth-order valence-corrected chi connectivity index (χ4v) is 2.12. The molecule has 0 spiro atoms. The standard InChI is InChI=1S/C16H23N5O/c1-19(2)14-7-5-13(6-8-14)12-20(3)16(22)17-11-15-9-10-18-21(15)4/h5-10H,11-12H2,1-4H3,(H,17,22). The molecule has 0 fully saturated rings. The van der Waals surface area contributed by atoms with Crippen LogP contribution in [0.2, 0.25) is 0 Å². The Bertz CT molecular complexity index is 618. The fourth-order valence-electron chi connectivity index (χ4n) is 2.12. The number of hydrogen-bond acceptors (Lipinski definition) is 3. The largest absolute Gasteiger partial charge is 0.378 e. The van der Waals surface area contributed by atoms with Crippen molar-refractivity contribution in [2.75, 3.05) is 26.0 Å². The van der Waals surface area contributed by atoms with Gasteiger partial charge in [0.25, 0.3) is 0 Å². The minimum atomic E-state index is -0.0992. The Morgan fingerprint density at radius 1 is 1.18 bits per heavy atom. The zero-order chi connectivity index (χ0) is 16.1. The third-order valence-corrected chi connectivity index (χ3v) is 3.56. The zero-order valence-electron chi connectivity index (χ0n) is 13.6. The Labute approximate surface area is 131 Å². The van der Waals surface area contributed by atoms with Gasteiger partial charge >= 0.3 is 6.03 Å². The summed E-state index contributed by atoms with van der Waals surface area (Å²) in [7, 11) is 7.66. The number of benzene rings is 1. The van der Waals surface area contributed by atoms with Crippen molar-refractivity contribution in [2.45, 2.75) is 13.1 Å². The predicted octanol–water partition coefficient (Wildman–Crippen LogP) is 1.83. The maximum Gasteiger partial charge on any atom is 0.317 e. The molecule has 1 aromatic carbocycles. The maximum absolute atomic E-state index is 12.1. The summed E-state index contributed by atoms with van der Waals surface area (Å²) in [4.78, 5) is 15.8. The SMILES string of the molecule is CN(Cc1ccc(N(C)C)cc1)C(=O)NCc1ccnn1C. The molecule has 0 aliphatic rings. The van der Waals surface area contributed by atoms with Crippen LogP contribution >= 0.6 is 0 Å². The molecule has 0 aliphatic carbocycles. The van der Waals surface area contributed by atoms with Crippen LogP contribution in [0.5, 0.6) is 0 Å². The maximum atomic E-state index is 12.1. The van der Waals surface area contributed by atoms with Crippen molar-refractivity contribution in [2.24, 2.45) is 7.05 Å². The number of amides is 2. The lowest BCUT2D eigenvalue weighted by atomic mass is 10.2. The van der Waals surface area contributed by atoms with E-state index in [4.69, 9.17) is 0 Å². The predicted molar refractivity (Wildman–Crippen MR) is 87.7 cm³/mol. The van der Waals surface area contributed by atoms with E-state index in [1.807, 2.05) is 44.2 Å². The second kappa shape index (κ2) is 6.98. The van der Waals surface area contributed by atoms with E-state index in [-0.39, 0.29) is 6.03 Å². The van der Waals surface area contributed by atoms with Gasteiger partial charge < -0.3 is 15.1 Å². The first-order chi connectivity index (χ1) is 10.5. The quantitative estimate of drug-likeness (QED) is 0.916. The third-order valence-electron chi connectivity index (χ3n) is 3.56. The number of aromatic nitrogens is 2. The van der Waals surface area contributed by atoms with Crippen LogP contribution in [0.3, 0.4) is 0 Å². The van der Waals surface area contributed by atoms with Gasteiger partial charge in [-0.3, -0.25) is 4.68 Å². The monoisotopic (exact) mass is 301 g/mol. The van der Waals surface area contributed by atoms with Crippen molar-refractivity contribution < 1.29 is 4.79 Å². The summed E-state index contributed by atoms with van der Waals surface area (Å²) in [5.41, 5.74) is 3.22. The number of rotatable bonds is 5. The molecular weight excluding hydrogens is 278 g/mol. The van der Waals surface area contributed by atoms with Gasteiger partial charge in [-0.15, -0.1) is 0 Å². The van der Waals surface area contributed by atoms with Crippen molar-refractivity contribution in [3.8, 4) is 0 Å². The van der Waals surface area contributed by atoms with E-state index in [0.717, 1.165) is 16.9 Å². The van der Waals surface area contributed by atoms with Gasteiger partial charge in [-0.1, -0.05) is 12.1 Å². The van der Waals surface area contributed by atoms with Crippen LogP contribution in [-0.4, -0.2) is 41.9 Å². The minimum Gasteiger partial charge on any atom is -0.378 e. The van der Waals surface area contributed by atoms with Crippen LogP contribution in [0, 0.1) is 0 Å². The van der Waals surface area contributed by atoms with Crippen molar-refractivity contribution in [3.63, 3.8) is 0 Å². The molecule has 1 heterocycles. The van der Waals surface area contributed by atoms with Crippen molar-refractivity contribution in [1.29, 1.82) is 0 Å². The number of carbonyl (C=O) groups is 1. The average Bonchev–Trinajstić information content (AvgIpc) is 2.90. The second-order valence-corrected chi connectivity index (χ2v) is 5.52. The molecular formula is C16H23N5O. The van der Waals surface area contributed by atoms with Crippen LogP contribution in [0.15, 0.2) is 36.5 Å². The van der Waals surface area contributed by atoms with Crippen molar-refractivity contribution >= 4 is 11.7 Å². The first kappa shape index (κ1) is 15.9. The summed E-state index contributed by atoms with van der Waals surface area (Å²) in [6, 6.07) is 9.98. The van der Waals surface area contributed by atoms with E-state index in [9.17, 15) is 4.79 Å². The topological polar surface area (TPSA) is 53.4 Å². The van der Waals surface area contributed by atoms with Crippen molar-refractivity contribution in [3.05, 3.63) is 47.8 Å². The van der Waals surface area contributed by atoms with Crippen LogP contribution in [0.25, 0.3) is 0 Å². The number of hydrogen-bond donors (Lipinski definition) is 1. The second-order valence-electron chi connectivity index (χ2n) is 5.52. The molecule has 6 nitrogen and oxygen atoms in total. The van der Waals surface area contributed by atoms with Gasteiger partial charge in [0.2, 0.25) is 0 Å². The molecule has 6 heteroatoms. The Morgan fingerprint density at radius 2 is 1.86 bits per heavy atom. The van der Waals surface area contributed by atoms with Gasteiger partial charge in [0, 0.05) is 46.6 Å². The third kappa shape index (κ3) is 4.00. The van der Waals surface area contributed by atoms with Crippen LogP contribution in [0.1, 0.15) is 11.3 Å². The lowest BCUT2D eigenvalue weighted by Gasteiger charge is -2.19. The van der Waals surface area contributed by atoms with E-state index in [1.165, 1.54) is 0 Å². The number of carbonyl (C=O) groups excluding carboxylic acids is 1. The highest BCUT2D eigenvalue weighted by Crippen LogP contribution is 2.13. The molecule has 0 saturated heterocycles. The Kier molecular flexibility index (Phi) is 5.04. The van der Waals surface area contributed by atoms with E-state index in [2.05, 4.69) is 22.5 Å². The first-order valence-electron chi connectivity index (χ1n) is 7.19. The van der Waals surface area contributed by atoms with Gasteiger partial charge in [-0.05, 0) is 23.8 Å². The van der Waals surface area contributed by atoms with Gasteiger partial charge in [-0.2, -0.15) is 5.10 Å². The molecule has 22 heavy (non-hydrogen) atoms. The Balaban J connectivity index is 1.86. The van der Waals surface area contributed by atoms with E-state index in [1.54, 1.807) is 22.8 Å². The normalized spacial score (nSPS) is 10.4. The fraction of sp³-hybridized carbons (Fsp3) is 0.375. The summed E-state index contributed by atoms with van der Waals surface area (Å²) in [5, 5.41) is 6.97. The lowest BCUT2D eigenvalue weighted by molar-refractivity contribution is 0.206. The highest BCUT2D eigenvalue weighted by Gasteiger charge is 2.09. The molecule has 1 N–H and O–H groups in total. The molecule has 0 bridgehead atoms. The molecule has 2 rings (SSSR count). The number of nitrogens with one attached hydrogen (secondary N) is 1. The molecule has 2 amide bonds. The van der Waals surface area contributed by atoms with Gasteiger partial charge in [0.15, 0.2) is 0 Å². The van der Waals surface area contributed by atoms with E-state index in [0.29, 0.717) is 13.1 Å². The Hall–Kier alpha value is -2.50. The molecule has 0 radical (unpaired) electrons. The lowest BCUT2D eigenvalue weighted by Crippen LogP contribution is -2.36. The molecule has 0 saturated carbocycles. The first-order valence-corrected chi connectivity index (χ1v) is 7.19. The van der Waals surface area contributed by atoms with Crippen LogP contribution < -0.4 is 10.2 Å². The van der Waals surface area contributed by atoms with Gasteiger partial charge in [0.05, 0.1) is 12.2 Å². The van der Waals surface area contributed by atoms with Gasteiger partial charge in [-0.25, -0.2) is 4.79 Å². The zero-order valence-corrected chi connectivity index (χ0v) is 13.6. The van der Waals surface area contributed by atoms with E-state index >= 15 is 0 Å². The molecule has 0 aliphatic heterocycles. The highest BCUT2D eigenvalue weighted by molar-refractivity contribution is 5.73. The molecule has 0 unspecified atom stereocenters. The minimum absolute atomic E-state index is 0.0992. The molecule has 0 atom stereocenters. The number of anilines is 1. The molecule has 118 valence electrons. The average molecular weight is 301 g/mol. The number of nitrogens with zero attached hydrogens (tertiary/aromatic N) is 4. The summed E-state index contributed by atoms with van der Waals surface area (Å²) in [6.07, 6.45) is 1.72. The van der Waals surface area contributed by atoms with Crippen molar-refractivity contribution in [1.82, 2.24) is 20.0 Å². The van der Waals surface area contributed by atoms with Gasteiger partial charge in [0.1, 0.15) is 0 Å². The number of urea groups is 1. The smallest absolute Gasteiger partial charge is 0.317 e. The van der Waals surface area contributed by atoms with Crippen LogP contribution in [0.4, 0.5) is 10.5 Å². The summed E-state index contributed by atoms with van der Waals surface area (Å²) in [6.45, 7) is 1.05. The summed E-state index contributed by atoms with van der Waals surface area (Å²) < 4.78 is 1.75. The summed E-state index contributed by atoms with van der Waals surface area (Å²) >= 11 is 0. The number of aryl methyl sites for hydroxylation is 1. The molecule has 2 aromatic rings. The Morgan fingerprint density at radius 3 is 2.41 bits per heavy atom. The summed E-state index contributed by atoms with van der Waals surface area (Å²) in [5.74, 6) is 0.